The molecule has 1 fully saturated rings. The standard InChI is InChI=1S/C29H38N2O9/c1-28(2,3)39-23(32)11-9-10-16-30(18-19-12-14-20(37-7)15-13-19)24(33)21-17-22(26(35)38-8)31(25(21)34)27(36)40-29(4,5)6/h12-15,21-22H,10,16-18H2,1-8H3. The number of benzene rings is 1. The molecule has 1 aromatic carbocycles. The Morgan fingerprint density at radius 2 is 1.57 bits per heavy atom. The van der Waals surface area contributed by atoms with Crippen LogP contribution in [0.25, 0.3) is 0 Å². The van der Waals surface area contributed by atoms with E-state index in [1.165, 1.54) is 12.0 Å². The van der Waals surface area contributed by atoms with Crippen LogP contribution in [0.2, 0.25) is 0 Å². The Hall–Kier alpha value is -4.07. The fourth-order valence-electron chi connectivity index (χ4n) is 3.89. The third kappa shape index (κ3) is 9.29. The van der Waals surface area contributed by atoms with Gasteiger partial charge in [-0.15, -0.1) is 0 Å². The van der Waals surface area contributed by atoms with Gasteiger partial charge in [-0.2, -0.15) is 0 Å². The van der Waals surface area contributed by atoms with Crippen molar-refractivity contribution in [2.45, 2.75) is 78.2 Å². The minimum absolute atomic E-state index is 0.0692. The van der Waals surface area contributed by atoms with E-state index in [4.69, 9.17) is 18.9 Å². The highest BCUT2D eigenvalue weighted by molar-refractivity contribution is 6.10. The highest BCUT2D eigenvalue weighted by atomic mass is 16.6. The third-order valence-corrected chi connectivity index (χ3v) is 5.61. The van der Waals surface area contributed by atoms with Crippen LogP contribution in [-0.2, 0) is 39.9 Å². The van der Waals surface area contributed by atoms with Crippen LogP contribution in [0.4, 0.5) is 4.79 Å². The van der Waals surface area contributed by atoms with E-state index >= 15 is 0 Å². The van der Waals surface area contributed by atoms with Crippen molar-refractivity contribution in [2.75, 3.05) is 20.8 Å². The van der Waals surface area contributed by atoms with Gasteiger partial charge in [-0.3, -0.25) is 9.59 Å². The van der Waals surface area contributed by atoms with E-state index in [2.05, 4.69) is 11.8 Å². The summed E-state index contributed by atoms with van der Waals surface area (Å²) in [5.41, 5.74) is -0.887. The van der Waals surface area contributed by atoms with Crippen molar-refractivity contribution < 1.29 is 42.9 Å². The summed E-state index contributed by atoms with van der Waals surface area (Å²) in [4.78, 5) is 66.4. The second-order valence-electron chi connectivity index (χ2n) is 11.2. The number of esters is 2. The van der Waals surface area contributed by atoms with E-state index in [9.17, 15) is 24.0 Å². The number of rotatable bonds is 7. The van der Waals surface area contributed by atoms with E-state index in [0.717, 1.165) is 12.7 Å². The number of ether oxygens (including phenoxy) is 4. The Bertz CT molecular complexity index is 1170. The summed E-state index contributed by atoms with van der Waals surface area (Å²) < 4.78 is 20.5. The molecule has 2 atom stereocenters. The third-order valence-electron chi connectivity index (χ3n) is 5.61. The summed E-state index contributed by atoms with van der Waals surface area (Å²) in [6, 6.07) is 5.70. The van der Waals surface area contributed by atoms with Crippen LogP contribution >= 0.6 is 0 Å². The van der Waals surface area contributed by atoms with Crippen molar-refractivity contribution >= 4 is 29.8 Å². The normalized spacial score (nSPS) is 16.9. The molecule has 1 saturated heterocycles. The first-order chi connectivity index (χ1) is 18.6. The second-order valence-corrected chi connectivity index (χ2v) is 11.2. The van der Waals surface area contributed by atoms with Gasteiger partial charge in [0.1, 0.15) is 28.9 Å². The molecule has 1 aliphatic heterocycles. The summed E-state index contributed by atoms with van der Waals surface area (Å²) in [5, 5.41) is 0. The molecule has 0 aliphatic carbocycles. The molecule has 3 amide bonds. The molecule has 2 rings (SSSR count). The highest BCUT2D eigenvalue weighted by Crippen LogP contribution is 2.30. The predicted octanol–water partition coefficient (Wildman–Crippen LogP) is 3.08. The molecule has 0 saturated carbocycles. The molecule has 2 unspecified atom stereocenters. The van der Waals surface area contributed by atoms with Gasteiger partial charge in [-0.1, -0.05) is 18.1 Å². The highest BCUT2D eigenvalue weighted by Gasteiger charge is 2.52. The number of likely N-dealkylation sites (tertiary alicyclic amines) is 1. The van der Waals surface area contributed by atoms with Gasteiger partial charge >= 0.3 is 18.0 Å². The fraction of sp³-hybridized carbons (Fsp3) is 0.552. The van der Waals surface area contributed by atoms with E-state index in [1.807, 2.05) is 0 Å². The Labute approximate surface area is 235 Å². The number of methoxy groups -OCH3 is 2. The Morgan fingerprint density at radius 1 is 0.975 bits per heavy atom. The SMILES string of the molecule is COC(=O)C1CC(C(=O)N(CCC#CC(=O)OC(C)(C)C)Cc2ccc(OC)cc2)C(=O)N1C(=O)OC(C)(C)C. The Balaban J connectivity index is 2.31. The van der Waals surface area contributed by atoms with Gasteiger partial charge in [0.15, 0.2) is 0 Å². The first-order valence-electron chi connectivity index (χ1n) is 12.8. The molecule has 1 heterocycles. The summed E-state index contributed by atoms with van der Waals surface area (Å²) in [7, 11) is 2.67. The number of amides is 3. The zero-order chi connectivity index (χ0) is 30.3. The van der Waals surface area contributed by atoms with Crippen LogP contribution in [-0.4, -0.2) is 77.7 Å². The first-order valence-corrected chi connectivity index (χ1v) is 12.8. The molecular formula is C29H38N2O9. The van der Waals surface area contributed by atoms with E-state index in [-0.39, 0.29) is 25.9 Å². The van der Waals surface area contributed by atoms with Gasteiger partial charge in [0, 0.05) is 25.4 Å². The molecule has 0 bridgehead atoms. The average molecular weight is 559 g/mol. The molecule has 40 heavy (non-hydrogen) atoms. The van der Waals surface area contributed by atoms with Crippen molar-refractivity contribution in [1.29, 1.82) is 0 Å². The van der Waals surface area contributed by atoms with Gasteiger partial charge in [-0.25, -0.2) is 19.3 Å². The number of nitrogens with zero attached hydrogens (tertiary/aromatic N) is 2. The summed E-state index contributed by atoms with van der Waals surface area (Å²) in [6.45, 7) is 10.2. The lowest BCUT2D eigenvalue weighted by molar-refractivity contribution is -0.149. The van der Waals surface area contributed by atoms with Crippen molar-refractivity contribution in [3.8, 4) is 17.6 Å². The van der Waals surface area contributed by atoms with Crippen LogP contribution < -0.4 is 4.74 Å². The number of hydrogen-bond donors (Lipinski definition) is 0. The van der Waals surface area contributed by atoms with E-state index in [0.29, 0.717) is 10.6 Å². The van der Waals surface area contributed by atoms with Crippen molar-refractivity contribution in [1.82, 2.24) is 9.80 Å². The average Bonchev–Trinajstić information content (AvgIpc) is 3.20. The number of imide groups is 1. The van der Waals surface area contributed by atoms with E-state index in [1.54, 1.807) is 65.8 Å². The first kappa shape index (κ1) is 32.1. The lowest BCUT2D eigenvalue weighted by Gasteiger charge is -2.26. The zero-order valence-electron chi connectivity index (χ0n) is 24.4. The maximum absolute atomic E-state index is 13.7. The molecule has 11 nitrogen and oxygen atoms in total. The second kappa shape index (κ2) is 13.3. The van der Waals surface area contributed by atoms with Gasteiger partial charge in [0.05, 0.1) is 14.2 Å². The monoisotopic (exact) mass is 558 g/mol. The van der Waals surface area contributed by atoms with Crippen molar-refractivity contribution in [3.63, 3.8) is 0 Å². The molecule has 0 aromatic heterocycles. The minimum Gasteiger partial charge on any atom is -0.497 e. The zero-order valence-corrected chi connectivity index (χ0v) is 24.4. The smallest absolute Gasteiger partial charge is 0.417 e. The molecule has 0 radical (unpaired) electrons. The molecule has 0 spiro atoms. The lowest BCUT2D eigenvalue weighted by atomic mass is 10.0. The van der Waals surface area contributed by atoms with Crippen LogP contribution in [0.5, 0.6) is 5.75 Å². The maximum Gasteiger partial charge on any atom is 0.417 e. The van der Waals surface area contributed by atoms with Crippen LogP contribution in [0, 0.1) is 17.8 Å². The summed E-state index contributed by atoms with van der Waals surface area (Å²) in [6.07, 6.45) is -1.18. The number of carbonyl (C=O) groups is 5. The number of carbonyl (C=O) groups excluding carboxylic acids is 5. The molecule has 11 heteroatoms. The van der Waals surface area contributed by atoms with Gasteiger partial charge in [-0.05, 0) is 65.7 Å². The quantitative estimate of drug-likeness (QED) is 0.163. The lowest BCUT2D eigenvalue weighted by Crippen LogP contribution is -2.47. The number of hydrogen-bond acceptors (Lipinski definition) is 9. The van der Waals surface area contributed by atoms with Crippen LogP contribution in [0.3, 0.4) is 0 Å². The molecule has 1 aromatic rings. The fourth-order valence-corrected chi connectivity index (χ4v) is 3.89. The largest absolute Gasteiger partial charge is 0.497 e. The van der Waals surface area contributed by atoms with Gasteiger partial charge in [0.2, 0.25) is 11.8 Å². The molecular weight excluding hydrogens is 520 g/mol. The summed E-state index contributed by atoms with van der Waals surface area (Å²) >= 11 is 0. The predicted molar refractivity (Wildman–Crippen MR) is 144 cm³/mol. The molecule has 218 valence electrons. The van der Waals surface area contributed by atoms with Crippen molar-refractivity contribution in [3.05, 3.63) is 29.8 Å². The molecule has 1 aliphatic rings. The minimum atomic E-state index is -1.33. The van der Waals surface area contributed by atoms with E-state index < -0.39 is 53.0 Å². The topological polar surface area (TPSA) is 129 Å². The Kier molecular flexibility index (Phi) is 10.7. The maximum atomic E-state index is 13.7. The summed E-state index contributed by atoms with van der Waals surface area (Å²) in [5.74, 6) is 1.43. The Morgan fingerprint density at radius 3 is 2.10 bits per heavy atom. The van der Waals surface area contributed by atoms with Gasteiger partial charge < -0.3 is 23.8 Å². The molecule has 0 N–H and O–H groups in total. The van der Waals surface area contributed by atoms with Gasteiger partial charge in [0.25, 0.3) is 0 Å². The van der Waals surface area contributed by atoms with Crippen molar-refractivity contribution in [2.24, 2.45) is 5.92 Å². The van der Waals surface area contributed by atoms with Crippen LogP contribution in [0.1, 0.15) is 59.9 Å². The van der Waals surface area contributed by atoms with Crippen LogP contribution in [0.15, 0.2) is 24.3 Å².